The third kappa shape index (κ3) is 3.18. The van der Waals surface area contributed by atoms with Crippen molar-refractivity contribution in [3.05, 3.63) is 35.9 Å². The van der Waals surface area contributed by atoms with Crippen LogP contribution in [0.5, 0.6) is 0 Å². The van der Waals surface area contributed by atoms with Gasteiger partial charge in [0.25, 0.3) is 0 Å². The Balaban J connectivity index is 2.82. The smallest absolute Gasteiger partial charge is 0.208 e. The van der Waals surface area contributed by atoms with Crippen molar-refractivity contribution in [2.24, 2.45) is 0 Å². The Labute approximate surface area is 87.4 Å². The molecule has 0 aliphatic carbocycles. The Morgan fingerprint density at radius 2 is 1.69 bits per heavy atom. The summed E-state index contributed by atoms with van der Waals surface area (Å²) < 4.78 is 21.1. The summed E-state index contributed by atoms with van der Waals surface area (Å²) in [4.78, 5) is 0. The fourth-order valence-electron chi connectivity index (χ4n) is 0.870. The average molecular weight is 239 g/mol. The first-order valence-corrected chi connectivity index (χ1v) is 6.15. The summed E-state index contributed by atoms with van der Waals surface area (Å²) >= 11 is 10.6. The number of hydrogen-bond donors (Lipinski definition) is 0. The minimum atomic E-state index is -3.42. The number of sulfone groups is 1. The molecule has 1 rings (SSSR count). The summed E-state index contributed by atoms with van der Waals surface area (Å²) in [6.45, 7) is 0. The number of rotatable bonds is 3. The van der Waals surface area contributed by atoms with Crippen molar-refractivity contribution in [3.63, 3.8) is 0 Å². The van der Waals surface area contributed by atoms with Crippen LogP contribution in [0.2, 0.25) is 0 Å². The molecule has 0 aliphatic rings. The van der Waals surface area contributed by atoms with Gasteiger partial charge in [0.2, 0.25) is 4.17 Å². The van der Waals surface area contributed by atoms with Gasteiger partial charge in [-0.05, 0) is 5.56 Å². The predicted octanol–water partition coefficient (Wildman–Crippen LogP) is 2.36. The highest BCUT2D eigenvalue weighted by atomic mass is 35.5. The SMILES string of the molecule is O=S(=O)(Cc1ccccc1)C(Cl)Cl. The standard InChI is InChI=1S/C8H8Cl2O2S/c9-8(10)13(11,12)6-7-4-2-1-3-5-7/h1-5,8H,6H2. The predicted molar refractivity (Wildman–Crippen MR) is 54.6 cm³/mol. The van der Waals surface area contributed by atoms with Gasteiger partial charge in [-0.25, -0.2) is 8.42 Å². The van der Waals surface area contributed by atoms with Crippen molar-refractivity contribution in [3.8, 4) is 0 Å². The highest BCUT2D eigenvalue weighted by Gasteiger charge is 2.20. The first kappa shape index (κ1) is 10.8. The third-order valence-corrected chi connectivity index (χ3v) is 4.39. The Bertz CT molecular complexity index is 359. The molecular weight excluding hydrogens is 231 g/mol. The van der Waals surface area contributed by atoms with Gasteiger partial charge in [-0.3, -0.25) is 0 Å². The van der Waals surface area contributed by atoms with Gasteiger partial charge in [0.1, 0.15) is 0 Å². The van der Waals surface area contributed by atoms with Crippen LogP contribution in [-0.2, 0) is 15.6 Å². The number of halogens is 2. The van der Waals surface area contributed by atoms with Crippen molar-refractivity contribution >= 4 is 33.0 Å². The van der Waals surface area contributed by atoms with Crippen LogP contribution in [0.4, 0.5) is 0 Å². The van der Waals surface area contributed by atoms with Crippen molar-refractivity contribution in [2.45, 2.75) is 9.92 Å². The Morgan fingerprint density at radius 3 is 2.15 bits per heavy atom. The molecule has 0 heterocycles. The monoisotopic (exact) mass is 238 g/mol. The number of benzene rings is 1. The Hall–Kier alpha value is -0.250. The maximum Gasteiger partial charge on any atom is 0.208 e. The van der Waals surface area contributed by atoms with Gasteiger partial charge < -0.3 is 0 Å². The second-order valence-electron chi connectivity index (χ2n) is 2.55. The normalized spacial score (nSPS) is 11.9. The van der Waals surface area contributed by atoms with Crippen LogP contribution in [0, 0.1) is 0 Å². The summed E-state index contributed by atoms with van der Waals surface area (Å²) in [5, 5.41) is 0. The molecule has 0 aliphatic heterocycles. The molecule has 1 aromatic carbocycles. The minimum Gasteiger partial charge on any atom is -0.226 e. The van der Waals surface area contributed by atoms with E-state index in [2.05, 4.69) is 0 Å². The summed E-state index contributed by atoms with van der Waals surface area (Å²) in [6, 6.07) is 8.78. The van der Waals surface area contributed by atoms with E-state index in [1.807, 2.05) is 6.07 Å². The van der Waals surface area contributed by atoms with Gasteiger partial charge in [0.15, 0.2) is 9.84 Å². The van der Waals surface area contributed by atoms with Gasteiger partial charge in [-0.15, -0.1) is 0 Å². The van der Waals surface area contributed by atoms with E-state index < -0.39 is 14.0 Å². The van der Waals surface area contributed by atoms with Crippen LogP contribution >= 0.6 is 23.2 Å². The van der Waals surface area contributed by atoms with E-state index in [0.717, 1.165) is 0 Å². The van der Waals surface area contributed by atoms with Crippen molar-refractivity contribution in [2.75, 3.05) is 0 Å². The lowest BCUT2D eigenvalue weighted by atomic mass is 10.2. The minimum absolute atomic E-state index is 0.120. The molecule has 72 valence electrons. The Morgan fingerprint density at radius 1 is 1.15 bits per heavy atom. The van der Waals surface area contributed by atoms with Crippen LogP contribution in [0.15, 0.2) is 30.3 Å². The lowest BCUT2D eigenvalue weighted by Crippen LogP contribution is -2.11. The first-order valence-electron chi connectivity index (χ1n) is 3.56. The lowest BCUT2D eigenvalue weighted by Gasteiger charge is -2.03. The zero-order valence-corrected chi connectivity index (χ0v) is 8.98. The lowest BCUT2D eigenvalue weighted by molar-refractivity contribution is 0.598. The summed E-state index contributed by atoms with van der Waals surface area (Å²) in [5.41, 5.74) is 0.689. The molecule has 0 saturated carbocycles. The van der Waals surface area contributed by atoms with Crippen molar-refractivity contribution < 1.29 is 8.42 Å². The van der Waals surface area contributed by atoms with E-state index >= 15 is 0 Å². The fraction of sp³-hybridized carbons (Fsp3) is 0.250. The van der Waals surface area contributed by atoms with Gasteiger partial charge in [-0.2, -0.15) is 0 Å². The van der Waals surface area contributed by atoms with Crippen LogP contribution < -0.4 is 0 Å². The molecule has 0 fully saturated rings. The van der Waals surface area contributed by atoms with Crippen LogP contribution in [-0.4, -0.2) is 12.6 Å². The summed E-state index contributed by atoms with van der Waals surface area (Å²) in [6.07, 6.45) is 0. The van der Waals surface area contributed by atoms with E-state index in [-0.39, 0.29) is 5.75 Å². The fourth-order valence-corrected chi connectivity index (χ4v) is 2.03. The van der Waals surface area contributed by atoms with E-state index in [0.29, 0.717) is 5.56 Å². The van der Waals surface area contributed by atoms with Gasteiger partial charge >= 0.3 is 0 Å². The topological polar surface area (TPSA) is 34.1 Å². The second kappa shape index (κ2) is 4.31. The molecular formula is C8H8Cl2O2S. The maximum absolute atomic E-state index is 11.2. The van der Waals surface area contributed by atoms with Gasteiger partial charge in [0.05, 0.1) is 5.75 Å². The molecule has 13 heavy (non-hydrogen) atoms. The second-order valence-corrected chi connectivity index (χ2v) is 6.25. The van der Waals surface area contributed by atoms with E-state index in [4.69, 9.17) is 23.2 Å². The third-order valence-electron chi connectivity index (χ3n) is 1.48. The van der Waals surface area contributed by atoms with Crippen LogP contribution in [0.1, 0.15) is 5.56 Å². The number of hydrogen-bond acceptors (Lipinski definition) is 2. The van der Waals surface area contributed by atoms with Crippen LogP contribution in [0.25, 0.3) is 0 Å². The van der Waals surface area contributed by atoms with Crippen molar-refractivity contribution in [1.29, 1.82) is 0 Å². The first-order chi connectivity index (χ1) is 6.02. The molecule has 5 heteroatoms. The quantitative estimate of drug-likeness (QED) is 0.759. The molecule has 0 aromatic heterocycles. The zero-order valence-electron chi connectivity index (χ0n) is 6.65. The van der Waals surface area contributed by atoms with E-state index in [9.17, 15) is 8.42 Å². The average Bonchev–Trinajstić information content (AvgIpc) is 2.05. The van der Waals surface area contributed by atoms with Crippen LogP contribution in [0.3, 0.4) is 0 Å². The molecule has 0 bridgehead atoms. The molecule has 0 radical (unpaired) electrons. The maximum atomic E-state index is 11.2. The van der Waals surface area contributed by atoms with Gasteiger partial charge in [-0.1, -0.05) is 53.5 Å². The highest BCUT2D eigenvalue weighted by molar-refractivity contribution is 7.93. The molecule has 2 nitrogen and oxygen atoms in total. The molecule has 0 spiro atoms. The molecule has 0 atom stereocenters. The van der Waals surface area contributed by atoms with Crippen molar-refractivity contribution in [1.82, 2.24) is 0 Å². The summed E-state index contributed by atoms with van der Waals surface area (Å²) in [5.74, 6) is -0.120. The van der Waals surface area contributed by atoms with E-state index in [1.165, 1.54) is 0 Å². The highest BCUT2D eigenvalue weighted by Crippen LogP contribution is 2.16. The molecule has 1 aromatic rings. The molecule has 0 N–H and O–H groups in total. The molecule has 0 saturated heterocycles. The van der Waals surface area contributed by atoms with E-state index in [1.54, 1.807) is 24.3 Å². The Kier molecular flexibility index (Phi) is 3.59. The summed E-state index contributed by atoms with van der Waals surface area (Å²) in [7, 11) is -3.42. The number of alkyl halides is 2. The molecule has 0 amide bonds. The van der Waals surface area contributed by atoms with Gasteiger partial charge in [0, 0.05) is 0 Å². The largest absolute Gasteiger partial charge is 0.226 e. The zero-order chi connectivity index (χ0) is 9.90. The molecule has 0 unspecified atom stereocenters.